The van der Waals surface area contributed by atoms with Crippen molar-refractivity contribution in [2.45, 2.75) is 6.42 Å². The summed E-state index contributed by atoms with van der Waals surface area (Å²) in [5, 5.41) is 11.8. The maximum Gasteiger partial charge on any atom is 0.307 e. The molecule has 0 unspecified atom stereocenters. The maximum absolute atomic E-state index is 10.8. The van der Waals surface area contributed by atoms with Crippen LogP contribution in [0.3, 0.4) is 0 Å². The zero-order valence-electron chi connectivity index (χ0n) is 9.31. The van der Waals surface area contributed by atoms with Crippen LogP contribution in [0, 0.1) is 0 Å². The van der Waals surface area contributed by atoms with E-state index in [1.807, 2.05) is 30.3 Å². The van der Waals surface area contributed by atoms with Crippen LogP contribution in [0.4, 0.5) is 0 Å². The molecule has 0 spiro atoms. The molecule has 3 rings (SSSR count). The Bertz CT molecular complexity index is 758. The number of fused-ring (bicyclic) bond motifs is 2. The van der Waals surface area contributed by atoms with Crippen molar-refractivity contribution in [2.24, 2.45) is 0 Å². The van der Waals surface area contributed by atoms with Crippen molar-refractivity contribution in [1.82, 2.24) is 0 Å². The van der Waals surface area contributed by atoms with Crippen LogP contribution in [0.25, 0.3) is 21.7 Å². The number of rotatable bonds is 2. The highest BCUT2D eigenvalue weighted by molar-refractivity contribution is 9.10. The molecule has 3 nitrogen and oxygen atoms in total. The normalized spacial score (nSPS) is 11.2. The van der Waals surface area contributed by atoms with Crippen molar-refractivity contribution >= 4 is 43.6 Å². The minimum atomic E-state index is -0.859. The number of carbonyl (C=O) groups is 1. The van der Waals surface area contributed by atoms with Gasteiger partial charge in [0.2, 0.25) is 0 Å². The molecule has 18 heavy (non-hydrogen) atoms. The summed E-state index contributed by atoms with van der Waals surface area (Å²) in [5.74, 6) is -0.859. The summed E-state index contributed by atoms with van der Waals surface area (Å²) in [6.07, 6.45) is 1.49. The van der Waals surface area contributed by atoms with Crippen molar-refractivity contribution in [3.63, 3.8) is 0 Å². The fraction of sp³-hybridized carbons (Fsp3) is 0.0714. The van der Waals surface area contributed by atoms with E-state index in [-0.39, 0.29) is 6.42 Å². The molecule has 1 aromatic heterocycles. The van der Waals surface area contributed by atoms with Crippen molar-refractivity contribution in [3.05, 3.63) is 46.6 Å². The Morgan fingerprint density at radius 2 is 2.06 bits per heavy atom. The molecule has 0 aliphatic heterocycles. The Balaban J connectivity index is 2.35. The fourth-order valence-corrected chi connectivity index (χ4v) is 2.80. The molecule has 1 heterocycles. The van der Waals surface area contributed by atoms with Crippen LogP contribution >= 0.6 is 15.9 Å². The third-order valence-corrected chi connectivity index (χ3v) is 3.74. The Labute approximate surface area is 111 Å². The monoisotopic (exact) mass is 304 g/mol. The van der Waals surface area contributed by atoms with E-state index in [2.05, 4.69) is 15.9 Å². The number of aliphatic carboxylic acids is 1. The second-order valence-corrected chi connectivity index (χ2v) is 4.91. The van der Waals surface area contributed by atoms with Crippen molar-refractivity contribution in [2.75, 3.05) is 0 Å². The van der Waals surface area contributed by atoms with E-state index < -0.39 is 5.97 Å². The molecule has 0 saturated carbocycles. The summed E-state index contributed by atoms with van der Waals surface area (Å²) in [5.41, 5.74) is 1.40. The van der Waals surface area contributed by atoms with Crippen LogP contribution in [0.2, 0.25) is 0 Å². The molecule has 0 amide bonds. The van der Waals surface area contributed by atoms with Gasteiger partial charge in [0.25, 0.3) is 0 Å². The molecule has 0 saturated heterocycles. The lowest BCUT2D eigenvalue weighted by molar-refractivity contribution is -0.136. The summed E-state index contributed by atoms with van der Waals surface area (Å²) in [4.78, 5) is 10.8. The first-order chi connectivity index (χ1) is 8.66. The van der Waals surface area contributed by atoms with Crippen LogP contribution in [-0.2, 0) is 11.2 Å². The largest absolute Gasteiger partial charge is 0.481 e. The third kappa shape index (κ3) is 1.69. The average Bonchev–Trinajstić information content (AvgIpc) is 2.73. The second kappa shape index (κ2) is 4.14. The van der Waals surface area contributed by atoms with Gasteiger partial charge in [-0.05, 0) is 32.8 Å². The van der Waals surface area contributed by atoms with E-state index in [0.29, 0.717) is 11.1 Å². The Morgan fingerprint density at radius 1 is 1.28 bits per heavy atom. The fourth-order valence-electron chi connectivity index (χ4n) is 2.13. The number of furan rings is 1. The van der Waals surface area contributed by atoms with Gasteiger partial charge >= 0.3 is 5.97 Å². The number of halogens is 1. The topological polar surface area (TPSA) is 50.4 Å². The van der Waals surface area contributed by atoms with Crippen LogP contribution in [0.1, 0.15) is 5.56 Å². The number of carboxylic acids is 1. The van der Waals surface area contributed by atoms with Crippen LogP contribution < -0.4 is 0 Å². The smallest absolute Gasteiger partial charge is 0.307 e. The number of carboxylic acid groups (broad SMARTS) is 1. The number of hydrogen-bond donors (Lipinski definition) is 1. The summed E-state index contributed by atoms with van der Waals surface area (Å²) < 4.78 is 6.35. The lowest BCUT2D eigenvalue weighted by Gasteiger charge is -2.02. The number of hydrogen-bond acceptors (Lipinski definition) is 2. The van der Waals surface area contributed by atoms with E-state index in [1.165, 1.54) is 6.26 Å². The van der Waals surface area contributed by atoms with Gasteiger partial charge in [0.05, 0.1) is 17.2 Å². The highest BCUT2D eigenvalue weighted by Crippen LogP contribution is 2.35. The first-order valence-electron chi connectivity index (χ1n) is 5.46. The highest BCUT2D eigenvalue weighted by atomic mass is 79.9. The predicted molar refractivity (Wildman–Crippen MR) is 72.8 cm³/mol. The summed E-state index contributed by atoms with van der Waals surface area (Å²) in [7, 11) is 0. The minimum Gasteiger partial charge on any atom is -0.481 e. The SMILES string of the molecule is O=C(O)Cc1coc2c(Br)c3ccccc3cc12. The van der Waals surface area contributed by atoms with E-state index in [1.54, 1.807) is 0 Å². The summed E-state index contributed by atoms with van der Waals surface area (Å²) in [6, 6.07) is 9.88. The minimum absolute atomic E-state index is 0.0300. The Morgan fingerprint density at radius 3 is 2.83 bits per heavy atom. The van der Waals surface area contributed by atoms with Crippen molar-refractivity contribution in [1.29, 1.82) is 0 Å². The molecule has 90 valence electrons. The lowest BCUT2D eigenvalue weighted by Crippen LogP contribution is -1.98. The van der Waals surface area contributed by atoms with Gasteiger partial charge in [-0.15, -0.1) is 0 Å². The lowest BCUT2D eigenvalue weighted by atomic mass is 10.0. The Kier molecular flexibility index (Phi) is 2.59. The number of benzene rings is 2. The molecule has 4 heteroatoms. The molecule has 0 radical (unpaired) electrons. The molecule has 0 aliphatic carbocycles. The van der Waals surface area contributed by atoms with Gasteiger partial charge in [-0.2, -0.15) is 0 Å². The quantitative estimate of drug-likeness (QED) is 0.779. The summed E-state index contributed by atoms with van der Waals surface area (Å²) in [6.45, 7) is 0. The second-order valence-electron chi connectivity index (χ2n) is 4.12. The summed E-state index contributed by atoms with van der Waals surface area (Å²) >= 11 is 3.52. The third-order valence-electron chi connectivity index (χ3n) is 2.95. The molecule has 0 atom stereocenters. The van der Waals surface area contributed by atoms with E-state index in [9.17, 15) is 4.79 Å². The molecule has 3 aromatic rings. The molecule has 0 fully saturated rings. The molecular formula is C14H9BrO3. The standard InChI is InChI=1S/C14H9BrO3/c15-13-10-4-2-1-3-8(10)5-11-9(6-12(16)17)7-18-14(11)13/h1-5,7H,6H2,(H,16,17). The van der Waals surface area contributed by atoms with E-state index in [0.717, 1.165) is 20.6 Å². The van der Waals surface area contributed by atoms with Crippen LogP contribution in [0.5, 0.6) is 0 Å². The van der Waals surface area contributed by atoms with Crippen molar-refractivity contribution < 1.29 is 14.3 Å². The first-order valence-corrected chi connectivity index (χ1v) is 6.25. The Hall–Kier alpha value is -1.81. The van der Waals surface area contributed by atoms with Crippen LogP contribution in [-0.4, -0.2) is 11.1 Å². The van der Waals surface area contributed by atoms with E-state index in [4.69, 9.17) is 9.52 Å². The zero-order chi connectivity index (χ0) is 12.7. The van der Waals surface area contributed by atoms with Gasteiger partial charge in [0, 0.05) is 10.9 Å². The average molecular weight is 305 g/mol. The van der Waals surface area contributed by atoms with Crippen LogP contribution in [0.15, 0.2) is 45.5 Å². The molecule has 0 aliphatic rings. The first kappa shape index (κ1) is 11.3. The van der Waals surface area contributed by atoms with Gasteiger partial charge < -0.3 is 9.52 Å². The molecule has 2 aromatic carbocycles. The molecule has 0 bridgehead atoms. The van der Waals surface area contributed by atoms with Gasteiger partial charge in [0.1, 0.15) is 5.58 Å². The molecular weight excluding hydrogens is 296 g/mol. The zero-order valence-corrected chi connectivity index (χ0v) is 10.9. The van der Waals surface area contributed by atoms with Gasteiger partial charge in [-0.25, -0.2) is 0 Å². The predicted octanol–water partition coefficient (Wildman–Crippen LogP) is 3.98. The van der Waals surface area contributed by atoms with Gasteiger partial charge in [-0.1, -0.05) is 24.3 Å². The van der Waals surface area contributed by atoms with Crippen molar-refractivity contribution in [3.8, 4) is 0 Å². The highest BCUT2D eigenvalue weighted by Gasteiger charge is 2.14. The van der Waals surface area contributed by atoms with E-state index >= 15 is 0 Å². The van der Waals surface area contributed by atoms with Gasteiger partial charge in [-0.3, -0.25) is 4.79 Å². The maximum atomic E-state index is 10.8. The van der Waals surface area contributed by atoms with Gasteiger partial charge in [0.15, 0.2) is 0 Å². The molecule has 1 N–H and O–H groups in total.